The van der Waals surface area contributed by atoms with Gasteiger partial charge in [0.15, 0.2) is 0 Å². The Morgan fingerprint density at radius 2 is 1.87 bits per heavy atom. The van der Waals surface area contributed by atoms with Crippen molar-refractivity contribution >= 4 is 38.2 Å². The minimum absolute atomic E-state index is 0.0378. The molecule has 1 amide bonds. The highest BCUT2D eigenvalue weighted by molar-refractivity contribution is 7.89. The first-order chi connectivity index (χ1) is 18.8. The maximum atomic E-state index is 14.1. The van der Waals surface area contributed by atoms with E-state index in [1.165, 1.54) is 49.0 Å². The fraction of sp³-hybridized carbons (Fsp3) is 0.143. The molecule has 200 valence electrons. The highest BCUT2D eigenvalue weighted by Gasteiger charge is 2.32. The predicted molar refractivity (Wildman–Crippen MR) is 148 cm³/mol. The molecule has 39 heavy (non-hydrogen) atoms. The van der Waals surface area contributed by atoms with Gasteiger partial charge in [0.25, 0.3) is 0 Å². The van der Waals surface area contributed by atoms with Crippen molar-refractivity contribution in [3.05, 3.63) is 117 Å². The van der Waals surface area contributed by atoms with Crippen molar-refractivity contribution in [2.45, 2.75) is 24.0 Å². The normalized spacial score (nSPS) is 12.3. The third-order valence-corrected chi connectivity index (χ3v) is 8.42. The summed E-state index contributed by atoms with van der Waals surface area (Å²) in [6, 6.07) is 20.0. The van der Waals surface area contributed by atoms with E-state index in [0.29, 0.717) is 28.0 Å². The van der Waals surface area contributed by atoms with Gasteiger partial charge in [-0.2, -0.15) is 4.72 Å². The van der Waals surface area contributed by atoms with Gasteiger partial charge >= 0.3 is 0 Å². The molecule has 0 bridgehead atoms. The Balaban J connectivity index is 1.52. The average Bonchev–Trinajstić information content (AvgIpc) is 3.65. The van der Waals surface area contributed by atoms with E-state index in [4.69, 9.17) is 9.15 Å². The van der Waals surface area contributed by atoms with Crippen LogP contribution in [-0.2, 0) is 27.9 Å². The Hall–Kier alpha value is -4.19. The number of rotatable bonds is 10. The van der Waals surface area contributed by atoms with Crippen LogP contribution in [0.5, 0.6) is 5.75 Å². The number of carbonyl (C=O) groups excluding carboxylic acids is 1. The number of hydrogen-bond donors (Lipinski definition) is 2. The van der Waals surface area contributed by atoms with Gasteiger partial charge in [0.2, 0.25) is 21.5 Å². The first-order valence-corrected chi connectivity index (χ1v) is 14.3. The van der Waals surface area contributed by atoms with Crippen LogP contribution in [0.1, 0.15) is 22.2 Å². The Labute approximate surface area is 228 Å². The van der Waals surface area contributed by atoms with E-state index in [0.717, 1.165) is 4.88 Å². The zero-order valence-corrected chi connectivity index (χ0v) is 22.5. The van der Waals surface area contributed by atoms with Crippen molar-refractivity contribution in [2.24, 2.45) is 0 Å². The molecule has 0 fully saturated rings. The van der Waals surface area contributed by atoms with E-state index >= 15 is 0 Å². The minimum Gasteiger partial charge on any atom is -0.497 e. The van der Waals surface area contributed by atoms with Crippen LogP contribution in [0.2, 0.25) is 0 Å². The first kappa shape index (κ1) is 26.4. The second kappa shape index (κ2) is 11.3. The molecular formula is C28H25N3O6S2. The zero-order valence-electron chi connectivity index (χ0n) is 20.9. The van der Waals surface area contributed by atoms with Gasteiger partial charge in [-0.05, 0) is 70.9 Å². The van der Waals surface area contributed by atoms with Crippen LogP contribution < -0.4 is 15.0 Å². The summed E-state index contributed by atoms with van der Waals surface area (Å²) in [4.78, 5) is 30.9. The molecular weight excluding hydrogens is 538 g/mol. The number of amides is 1. The van der Waals surface area contributed by atoms with Crippen LogP contribution in [-0.4, -0.2) is 31.3 Å². The molecule has 2 aromatic carbocycles. The number of nitrogens with one attached hydrogen (secondary N) is 2. The van der Waals surface area contributed by atoms with Crippen molar-refractivity contribution in [3.8, 4) is 5.75 Å². The van der Waals surface area contributed by atoms with Crippen LogP contribution in [0.15, 0.2) is 105 Å². The lowest BCUT2D eigenvalue weighted by Gasteiger charge is -2.27. The summed E-state index contributed by atoms with van der Waals surface area (Å²) >= 11 is 1.50. The lowest BCUT2D eigenvalue weighted by Crippen LogP contribution is -2.42. The summed E-state index contributed by atoms with van der Waals surface area (Å²) in [6.45, 7) is 0.427. The molecule has 11 heteroatoms. The fourth-order valence-corrected chi connectivity index (χ4v) is 6.09. The average molecular weight is 564 g/mol. The van der Waals surface area contributed by atoms with Crippen LogP contribution in [0.3, 0.4) is 0 Å². The molecule has 0 unspecified atom stereocenters. The molecule has 0 saturated heterocycles. The van der Waals surface area contributed by atoms with Gasteiger partial charge in [-0.25, -0.2) is 8.42 Å². The number of H-pyrrole nitrogens is 1. The molecule has 5 aromatic rings. The number of hydrogen-bond acceptors (Lipinski definition) is 7. The van der Waals surface area contributed by atoms with Crippen molar-refractivity contribution in [1.82, 2.24) is 14.6 Å². The zero-order chi connectivity index (χ0) is 27.4. The first-order valence-electron chi connectivity index (χ1n) is 12.0. The number of nitrogens with zero attached hydrogens (tertiary/aromatic N) is 1. The fourth-order valence-electron chi connectivity index (χ4n) is 4.16. The van der Waals surface area contributed by atoms with E-state index in [1.54, 1.807) is 47.4 Å². The van der Waals surface area contributed by atoms with Crippen LogP contribution in [0.25, 0.3) is 10.9 Å². The van der Waals surface area contributed by atoms with Crippen molar-refractivity contribution in [1.29, 1.82) is 0 Å². The molecule has 3 aromatic heterocycles. The van der Waals surface area contributed by atoms with Crippen LogP contribution >= 0.6 is 11.3 Å². The summed E-state index contributed by atoms with van der Waals surface area (Å²) in [5.41, 5.74) is 0.665. The molecule has 9 nitrogen and oxygen atoms in total. The lowest BCUT2D eigenvalue weighted by molar-refractivity contribution is -0.134. The third-order valence-electron chi connectivity index (χ3n) is 6.14. The van der Waals surface area contributed by atoms with Gasteiger partial charge in [0.1, 0.15) is 17.6 Å². The number of methoxy groups -OCH3 is 1. The van der Waals surface area contributed by atoms with Gasteiger partial charge in [-0.1, -0.05) is 18.2 Å². The van der Waals surface area contributed by atoms with E-state index in [1.807, 2.05) is 17.5 Å². The van der Waals surface area contributed by atoms with Crippen molar-refractivity contribution in [2.75, 3.05) is 7.11 Å². The summed E-state index contributed by atoms with van der Waals surface area (Å²) < 4.78 is 40.6. The van der Waals surface area contributed by atoms with Crippen molar-refractivity contribution < 1.29 is 22.4 Å². The summed E-state index contributed by atoms with van der Waals surface area (Å²) in [5, 5.41) is 2.46. The number of aromatic nitrogens is 1. The number of pyridine rings is 1. The minimum atomic E-state index is -4.17. The Morgan fingerprint density at radius 1 is 1.05 bits per heavy atom. The van der Waals surface area contributed by atoms with Gasteiger partial charge in [0, 0.05) is 16.5 Å². The second-order valence-corrected chi connectivity index (χ2v) is 11.5. The molecule has 2 N–H and O–H groups in total. The van der Waals surface area contributed by atoms with E-state index in [9.17, 15) is 18.0 Å². The number of benzene rings is 2. The van der Waals surface area contributed by atoms with Gasteiger partial charge < -0.3 is 19.0 Å². The standard InChI is InChI=1S/C28H25N3O6S2/c1-36-21-9-6-19(7-10-21)27(28(33)31(17-22-4-2-14-37-22)18-23-5-3-15-38-23)30-39(34,35)24-11-12-25-20(16-24)8-13-26(32)29-25/h2-16,27,30H,17-18H2,1H3,(H,29,32)/t27-/m1/s1. The molecule has 5 rings (SSSR count). The maximum absolute atomic E-state index is 14.1. The van der Waals surface area contributed by atoms with Crippen LogP contribution in [0.4, 0.5) is 0 Å². The van der Waals surface area contributed by atoms with E-state index in [2.05, 4.69) is 9.71 Å². The molecule has 0 radical (unpaired) electrons. The molecule has 0 aliphatic rings. The monoisotopic (exact) mass is 563 g/mol. The predicted octanol–water partition coefficient (Wildman–Crippen LogP) is 4.44. The molecule has 1 atom stereocenters. The SMILES string of the molecule is COc1ccc([C@@H](NS(=O)(=O)c2ccc3[nH]c(=O)ccc3c2)C(=O)N(Cc2ccco2)Cc2cccs2)cc1. The number of fused-ring (bicyclic) bond motifs is 1. The lowest BCUT2D eigenvalue weighted by atomic mass is 10.1. The highest BCUT2D eigenvalue weighted by atomic mass is 32.2. The summed E-state index contributed by atoms with van der Waals surface area (Å²) in [7, 11) is -2.64. The van der Waals surface area contributed by atoms with Crippen molar-refractivity contribution in [3.63, 3.8) is 0 Å². The number of carbonyl (C=O) groups is 1. The molecule has 0 spiro atoms. The topological polar surface area (TPSA) is 122 Å². The van der Waals surface area contributed by atoms with Gasteiger partial charge in [-0.15, -0.1) is 11.3 Å². The Kier molecular flexibility index (Phi) is 7.64. The largest absolute Gasteiger partial charge is 0.497 e. The Morgan fingerprint density at radius 3 is 2.56 bits per heavy atom. The number of thiophene rings is 1. The Bertz CT molecular complexity index is 1690. The summed E-state index contributed by atoms with van der Waals surface area (Å²) in [5.74, 6) is 0.695. The number of aromatic amines is 1. The molecule has 3 heterocycles. The molecule has 0 aliphatic heterocycles. The number of ether oxygens (including phenoxy) is 1. The number of furan rings is 1. The van der Waals surface area contributed by atoms with Crippen LogP contribution in [0, 0.1) is 0 Å². The number of sulfonamides is 1. The summed E-state index contributed by atoms with van der Waals surface area (Å²) in [6.07, 6.45) is 1.53. The van der Waals surface area contributed by atoms with Gasteiger partial charge in [-0.3, -0.25) is 9.59 Å². The van der Waals surface area contributed by atoms with E-state index < -0.39 is 22.0 Å². The quantitative estimate of drug-likeness (QED) is 0.259. The second-order valence-electron chi connectivity index (χ2n) is 8.75. The highest BCUT2D eigenvalue weighted by Crippen LogP contribution is 2.26. The molecule has 0 saturated carbocycles. The van der Waals surface area contributed by atoms with E-state index in [-0.39, 0.29) is 23.5 Å². The smallest absolute Gasteiger partial charge is 0.248 e. The molecule has 0 aliphatic carbocycles. The third kappa shape index (κ3) is 6.11. The van der Waals surface area contributed by atoms with Gasteiger partial charge in [0.05, 0.1) is 31.4 Å². The maximum Gasteiger partial charge on any atom is 0.248 e.